The summed E-state index contributed by atoms with van der Waals surface area (Å²) in [5.74, 6) is 0.434. The van der Waals surface area contributed by atoms with Gasteiger partial charge in [-0.25, -0.2) is 0 Å². The number of aromatic nitrogens is 2. The lowest BCUT2D eigenvalue weighted by Crippen LogP contribution is -2.35. The van der Waals surface area contributed by atoms with E-state index in [1.54, 1.807) is 4.68 Å². The highest BCUT2D eigenvalue weighted by Crippen LogP contribution is 2.11. The molecule has 27 heavy (non-hydrogen) atoms. The molecule has 1 aliphatic heterocycles. The van der Waals surface area contributed by atoms with Crippen molar-refractivity contribution in [3.8, 4) is 0 Å². The first-order chi connectivity index (χ1) is 13.0. The van der Waals surface area contributed by atoms with E-state index >= 15 is 0 Å². The van der Waals surface area contributed by atoms with Gasteiger partial charge < -0.3 is 10.1 Å². The van der Waals surface area contributed by atoms with Crippen LogP contribution in [0.4, 0.5) is 0 Å². The first-order valence-corrected chi connectivity index (χ1v) is 9.70. The molecule has 0 unspecified atom stereocenters. The van der Waals surface area contributed by atoms with E-state index in [0.717, 1.165) is 50.5 Å². The van der Waals surface area contributed by atoms with E-state index in [2.05, 4.69) is 53.4 Å². The summed E-state index contributed by atoms with van der Waals surface area (Å²) in [6.07, 6.45) is 0.881. The predicted molar refractivity (Wildman–Crippen MR) is 105 cm³/mol. The Kier molecular flexibility index (Phi) is 6.63. The summed E-state index contributed by atoms with van der Waals surface area (Å²) in [4.78, 5) is 14.9. The van der Waals surface area contributed by atoms with Crippen molar-refractivity contribution in [2.24, 2.45) is 13.0 Å². The Bertz CT molecular complexity index is 746. The van der Waals surface area contributed by atoms with Gasteiger partial charge in [-0.15, -0.1) is 0 Å². The van der Waals surface area contributed by atoms with Crippen LogP contribution >= 0.6 is 0 Å². The van der Waals surface area contributed by atoms with E-state index in [1.165, 1.54) is 5.56 Å². The van der Waals surface area contributed by atoms with Crippen molar-refractivity contribution in [2.45, 2.75) is 33.4 Å². The average molecular weight is 370 g/mol. The molecule has 1 aliphatic rings. The quantitative estimate of drug-likeness (QED) is 0.813. The maximum absolute atomic E-state index is 12.5. The Morgan fingerprint density at radius 2 is 1.85 bits per heavy atom. The molecule has 1 aromatic heterocycles. The summed E-state index contributed by atoms with van der Waals surface area (Å²) in [6, 6.07) is 10.3. The Labute approximate surface area is 161 Å². The van der Waals surface area contributed by atoms with Gasteiger partial charge in [0.2, 0.25) is 0 Å². The molecule has 1 aromatic carbocycles. The highest BCUT2D eigenvalue weighted by Gasteiger charge is 2.14. The fourth-order valence-electron chi connectivity index (χ4n) is 3.31. The molecular weight excluding hydrogens is 340 g/mol. The SMILES string of the molecule is CC(C)Cc1cc(C(=O)NCc2ccc(CN3CCOCC3)cc2)n(C)n1. The number of hydrogen-bond acceptors (Lipinski definition) is 4. The molecule has 2 heterocycles. The highest BCUT2D eigenvalue weighted by molar-refractivity contribution is 5.92. The van der Waals surface area contributed by atoms with E-state index in [-0.39, 0.29) is 5.91 Å². The number of ether oxygens (including phenoxy) is 1. The van der Waals surface area contributed by atoms with E-state index < -0.39 is 0 Å². The standard InChI is InChI=1S/C21H30N4O2/c1-16(2)12-19-13-20(24(3)23-19)21(26)22-14-17-4-6-18(7-5-17)15-25-8-10-27-11-9-25/h4-7,13,16H,8-12,14-15H2,1-3H3,(H,22,26). The molecule has 1 amide bonds. The molecule has 0 atom stereocenters. The first-order valence-electron chi connectivity index (χ1n) is 9.70. The van der Waals surface area contributed by atoms with Gasteiger partial charge in [0.1, 0.15) is 5.69 Å². The van der Waals surface area contributed by atoms with E-state index in [4.69, 9.17) is 4.74 Å². The topological polar surface area (TPSA) is 59.4 Å². The molecule has 1 fully saturated rings. The van der Waals surface area contributed by atoms with Gasteiger partial charge in [0.15, 0.2) is 0 Å². The number of hydrogen-bond donors (Lipinski definition) is 1. The molecule has 0 saturated carbocycles. The van der Waals surface area contributed by atoms with Crippen LogP contribution in [0, 0.1) is 5.92 Å². The number of nitrogens with zero attached hydrogens (tertiary/aromatic N) is 3. The summed E-state index contributed by atoms with van der Waals surface area (Å²) in [5.41, 5.74) is 3.95. The van der Waals surface area contributed by atoms with Crippen molar-refractivity contribution < 1.29 is 9.53 Å². The van der Waals surface area contributed by atoms with Gasteiger partial charge in [-0.3, -0.25) is 14.4 Å². The van der Waals surface area contributed by atoms with E-state index in [0.29, 0.717) is 18.2 Å². The largest absolute Gasteiger partial charge is 0.379 e. The molecular formula is C21H30N4O2. The number of rotatable bonds is 7. The number of nitrogens with one attached hydrogen (secondary N) is 1. The molecule has 2 aromatic rings. The van der Waals surface area contributed by atoms with Crippen LogP contribution in [0.15, 0.2) is 30.3 Å². The van der Waals surface area contributed by atoms with Crippen molar-refractivity contribution in [1.82, 2.24) is 20.0 Å². The van der Waals surface area contributed by atoms with Crippen molar-refractivity contribution >= 4 is 5.91 Å². The van der Waals surface area contributed by atoms with Crippen molar-refractivity contribution in [1.29, 1.82) is 0 Å². The molecule has 3 rings (SSSR count). The summed E-state index contributed by atoms with van der Waals surface area (Å²) in [5, 5.41) is 7.43. The Balaban J connectivity index is 1.52. The molecule has 6 heteroatoms. The molecule has 6 nitrogen and oxygen atoms in total. The molecule has 1 N–H and O–H groups in total. The van der Waals surface area contributed by atoms with Crippen LogP contribution in [0.2, 0.25) is 0 Å². The average Bonchev–Trinajstić information content (AvgIpc) is 3.01. The van der Waals surface area contributed by atoms with Crippen LogP contribution in [0.25, 0.3) is 0 Å². The normalized spacial score (nSPS) is 15.3. The predicted octanol–water partition coefficient (Wildman–Crippen LogP) is 2.38. The maximum Gasteiger partial charge on any atom is 0.269 e. The monoisotopic (exact) mass is 370 g/mol. The minimum Gasteiger partial charge on any atom is -0.379 e. The lowest BCUT2D eigenvalue weighted by molar-refractivity contribution is 0.0342. The van der Waals surface area contributed by atoms with Gasteiger partial charge in [-0.05, 0) is 29.5 Å². The zero-order chi connectivity index (χ0) is 19.2. The smallest absolute Gasteiger partial charge is 0.269 e. The number of aryl methyl sites for hydroxylation is 1. The molecule has 1 saturated heterocycles. The van der Waals surface area contributed by atoms with Gasteiger partial charge in [0.05, 0.1) is 18.9 Å². The van der Waals surface area contributed by atoms with Crippen molar-refractivity contribution in [2.75, 3.05) is 26.3 Å². The van der Waals surface area contributed by atoms with Crippen LogP contribution in [-0.2, 0) is 31.3 Å². The molecule has 0 radical (unpaired) electrons. The number of carbonyl (C=O) groups excluding carboxylic acids is 1. The number of carbonyl (C=O) groups is 1. The summed E-state index contributed by atoms with van der Waals surface area (Å²) in [6.45, 7) is 9.37. The molecule has 146 valence electrons. The number of benzene rings is 1. The number of morpholine rings is 1. The minimum absolute atomic E-state index is 0.0857. The van der Waals surface area contributed by atoms with Crippen LogP contribution in [0.5, 0.6) is 0 Å². The zero-order valence-corrected chi connectivity index (χ0v) is 16.6. The maximum atomic E-state index is 12.5. The highest BCUT2D eigenvalue weighted by atomic mass is 16.5. The molecule has 0 aliphatic carbocycles. The fourth-order valence-corrected chi connectivity index (χ4v) is 3.31. The summed E-state index contributed by atoms with van der Waals surface area (Å²) >= 11 is 0. The van der Waals surface area contributed by atoms with E-state index in [9.17, 15) is 4.79 Å². The summed E-state index contributed by atoms with van der Waals surface area (Å²) in [7, 11) is 1.82. The fraction of sp³-hybridized carbons (Fsp3) is 0.524. The minimum atomic E-state index is -0.0857. The molecule has 0 spiro atoms. The Hall–Kier alpha value is -2.18. The van der Waals surface area contributed by atoms with Crippen molar-refractivity contribution in [3.05, 3.63) is 52.8 Å². The second kappa shape index (κ2) is 9.15. The number of amides is 1. The van der Waals surface area contributed by atoms with Crippen LogP contribution in [0.3, 0.4) is 0 Å². The van der Waals surface area contributed by atoms with Gasteiger partial charge in [-0.2, -0.15) is 5.10 Å². The third-order valence-electron chi connectivity index (χ3n) is 4.77. The van der Waals surface area contributed by atoms with Crippen LogP contribution in [-0.4, -0.2) is 46.9 Å². The summed E-state index contributed by atoms with van der Waals surface area (Å²) < 4.78 is 7.05. The van der Waals surface area contributed by atoms with E-state index in [1.807, 2.05) is 13.1 Å². The molecule has 0 bridgehead atoms. The third kappa shape index (κ3) is 5.65. The van der Waals surface area contributed by atoms with Gasteiger partial charge in [-0.1, -0.05) is 38.1 Å². The first kappa shape index (κ1) is 19.6. The van der Waals surface area contributed by atoms with Gasteiger partial charge in [0, 0.05) is 33.2 Å². The second-order valence-corrected chi connectivity index (χ2v) is 7.63. The second-order valence-electron chi connectivity index (χ2n) is 7.63. The lowest BCUT2D eigenvalue weighted by atomic mass is 10.1. The van der Waals surface area contributed by atoms with Crippen LogP contribution in [0.1, 0.15) is 41.2 Å². The van der Waals surface area contributed by atoms with Gasteiger partial charge >= 0.3 is 0 Å². The van der Waals surface area contributed by atoms with Gasteiger partial charge in [0.25, 0.3) is 5.91 Å². The third-order valence-corrected chi connectivity index (χ3v) is 4.77. The van der Waals surface area contributed by atoms with Crippen molar-refractivity contribution in [3.63, 3.8) is 0 Å². The van der Waals surface area contributed by atoms with Crippen LogP contribution < -0.4 is 5.32 Å². The Morgan fingerprint density at radius 1 is 1.19 bits per heavy atom. The lowest BCUT2D eigenvalue weighted by Gasteiger charge is -2.26. The zero-order valence-electron chi connectivity index (χ0n) is 16.6. The Morgan fingerprint density at radius 3 is 2.52 bits per heavy atom.